The zero-order chi connectivity index (χ0) is 14.8. The fourth-order valence-corrected chi connectivity index (χ4v) is 3.50. The summed E-state index contributed by atoms with van der Waals surface area (Å²) in [5.74, 6) is -0.387. The fraction of sp³-hybridized carbons (Fsp3) is 0.133. The third-order valence-corrected chi connectivity index (χ3v) is 4.57. The minimum atomic E-state index is -0.438. The van der Waals surface area contributed by atoms with Gasteiger partial charge in [-0.15, -0.1) is 0 Å². The molecule has 21 heavy (non-hydrogen) atoms. The number of thiocarbonyl (C=S) groups is 1. The van der Waals surface area contributed by atoms with E-state index >= 15 is 0 Å². The van der Waals surface area contributed by atoms with Gasteiger partial charge in [0.15, 0.2) is 0 Å². The van der Waals surface area contributed by atoms with E-state index in [0.717, 1.165) is 16.5 Å². The van der Waals surface area contributed by atoms with Crippen LogP contribution in [0, 0.1) is 0 Å². The van der Waals surface area contributed by atoms with Crippen molar-refractivity contribution in [3.05, 3.63) is 42.5 Å². The Balaban J connectivity index is 1.75. The summed E-state index contributed by atoms with van der Waals surface area (Å²) in [5, 5.41) is 7.01. The number of amides is 2. The van der Waals surface area contributed by atoms with Crippen molar-refractivity contribution in [3.8, 4) is 0 Å². The lowest BCUT2D eigenvalue weighted by Gasteiger charge is -2.10. The van der Waals surface area contributed by atoms with Crippen molar-refractivity contribution in [1.29, 1.82) is 0 Å². The highest BCUT2D eigenvalue weighted by molar-refractivity contribution is 8.24. The Kier molecular flexibility index (Phi) is 3.90. The molecule has 0 aromatic heterocycles. The van der Waals surface area contributed by atoms with E-state index in [1.807, 2.05) is 42.5 Å². The van der Waals surface area contributed by atoms with Crippen LogP contribution in [-0.2, 0) is 9.59 Å². The van der Waals surface area contributed by atoms with Crippen LogP contribution in [0.5, 0.6) is 0 Å². The number of hydrogen-bond acceptors (Lipinski definition) is 4. The molecular weight excluding hydrogens is 304 g/mol. The molecule has 1 aliphatic heterocycles. The summed E-state index contributed by atoms with van der Waals surface area (Å²) in [6.07, 6.45) is 0.111. The molecule has 2 amide bonds. The Bertz CT molecular complexity index is 740. The van der Waals surface area contributed by atoms with Crippen LogP contribution in [-0.4, -0.2) is 21.4 Å². The van der Waals surface area contributed by atoms with Gasteiger partial charge in [-0.2, -0.15) is 0 Å². The third-order valence-electron chi connectivity index (χ3n) is 3.20. The Morgan fingerprint density at radius 2 is 2.00 bits per heavy atom. The average Bonchev–Trinajstić information content (AvgIpc) is 2.77. The van der Waals surface area contributed by atoms with E-state index in [1.54, 1.807) is 0 Å². The van der Waals surface area contributed by atoms with Crippen LogP contribution in [0.4, 0.5) is 5.69 Å². The molecule has 106 valence electrons. The maximum atomic E-state index is 12.1. The van der Waals surface area contributed by atoms with E-state index in [-0.39, 0.29) is 18.2 Å². The van der Waals surface area contributed by atoms with Gasteiger partial charge < -0.3 is 10.6 Å². The topological polar surface area (TPSA) is 58.2 Å². The second-order valence-electron chi connectivity index (χ2n) is 4.66. The molecule has 2 aromatic carbocycles. The fourth-order valence-electron chi connectivity index (χ4n) is 2.23. The number of rotatable bonds is 3. The molecule has 6 heteroatoms. The van der Waals surface area contributed by atoms with Gasteiger partial charge in [-0.1, -0.05) is 60.4 Å². The summed E-state index contributed by atoms with van der Waals surface area (Å²) in [6.45, 7) is 0. The molecule has 1 saturated heterocycles. The smallest absolute Gasteiger partial charge is 0.239 e. The Hall–Kier alpha value is -1.92. The minimum absolute atomic E-state index is 0.111. The SMILES string of the molecule is O=C(C[C@H]1SC(=S)NC1=O)Nc1cccc2ccccc12. The van der Waals surface area contributed by atoms with Crippen LogP contribution in [0.3, 0.4) is 0 Å². The first kappa shape index (κ1) is 14.0. The summed E-state index contributed by atoms with van der Waals surface area (Å²) in [6, 6.07) is 13.6. The standard InChI is InChI=1S/C15H12N2O2S2/c18-13(8-12-14(19)17-15(20)21-12)16-11-7-3-5-9-4-1-2-6-10(9)11/h1-7,12H,8H2,(H,16,18)(H,17,19,20)/t12-/m1/s1. The first-order chi connectivity index (χ1) is 10.1. The second kappa shape index (κ2) is 5.83. The highest BCUT2D eigenvalue weighted by atomic mass is 32.2. The van der Waals surface area contributed by atoms with E-state index in [9.17, 15) is 9.59 Å². The first-order valence-electron chi connectivity index (χ1n) is 6.42. The van der Waals surface area contributed by atoms with Gasteiger partial charge in [0.05, 0.1) is 5.25 Å². The number of carbonyl (C=O) groups excluding carboxylic acids is 2. The van der Waals surface area contributed by atoms with Crippen LogP contribution in [0.2, 0.25) is 0 Å². The molecule has 1 aliphatic rings. The van der Waals surface area contributed by atoms with E-state index < -0.39 is 5.25 Å². The highest BCUT2D eigenvalue weighted by Gasteiger charge is 2.30. The van der Waals surface area contributed by atoms with Crippen molar-refractivity contribution in [2.75, 3.05) is 5.32 Å². The number of carbonyl (C=O) groups is 2. The van der Waals surface area contributed by atoms with Gasteiger partial charge in [0, 0.05) is 17.5 Å². The van der Waals surface area contributed by atoms with Crippen LogP contribution in [0.25, 0.3) is 10.8 Å². The van der Waals surface area contributed by atoms with Gasteiger partial charge in [-0.3, -0.25) is 9.59 Å². The molecule has 0 spiro atoms. The van der Waals surface area contributed by atoms with Gasteiger partial charge in [-0.05, 0) is 11.5 Å². The van der Waals surface area contributed by atoms with Crippen LogP contribution in [0.15, 0.2) is 42.5 Å². The zero-order valence-electron chi connectivity index (χ0n) is 11.0. The lowest BCUT2D eigenvalue weighted by molar-refractivity contribution is -0.122. The van der Waals surface area contributed by atoms with Crippen molar-refractivity contribution in [3.63, 3.8) is 0 Å². The molecule has 1 fully saturated rings. The van der Waals surface area contributed by atoms with Crippen molar-refractivity contribution < 1.29 is 9.59 Å². The summed E-state index contributed by atoms with van der Waals surface area (Å²) in [5.41, 5.74) is 0.754. The maximum absolute atomic E-state index is 12.1. The summed E-state index contributed by atoms with van der Waals surface area (Å²) in [7, 11) is 0. The van der Waals surface area contributed by atoms with Crippen LogP contribution >= 0.6 is 24.0 Å². The van der Waals surface area contributed by atoms with Gasteiger partial charge in [0.1, 0.15) is 4.32 Å². The summed E-state index contributed by atoms with van der Waals surface area (Å²) < 4.78 is 0.433. The summed E-state index contributed by atoms with van der Waals surface area (Å²) >= 11 is 6.14. The van der Waals surface area contributed by atoms with Crippen molar-refractivity contribution in [2.45, 2.75) is 11.7 Å². The van der Waals surface area contributed by atoms with Crippen molar-refractivity contribution in [1.82, 2.24) is 5.32 Å². The molecule has 2 N–H and O–H groups in total. The molecule has 2 aromatic rings. The van der Waals surface area contributed by atoms with Crippen molar-refractivity contribution >= 4 is 56.6 Å². The molecule has 4 nitrogen and oxygen atoms in total. The van der Waals surface area contributed by atoms with Crippen LogP contribution < -0.4 is 10.6 Å². The van der Waals surface area contributed by atoms with E-state index in [1.165, 1.54) is 11.8 Å². The molecular formula is C15H12N2O2S2. The molecule has 3 rings (SSSR count). The van der Waals surface area contributed by atoms with Crippen LogP contribution in [0.1, 0.15) is 6.42 Å². The number of hydrogen-bond donors (Lipinski definition) is 2. The predicted molar refractivity (Wildman–Crippen MR) is 89.3 cm³/mol. The number of fused-ring (bicyclic) bond motifs is 1. The quantitative estimate of drug-likeness (QED) is 0.855. The lowest BCUT2D eigenvalue weighted by atomic mass is 10.1. The monoisotopic (exact) mass is 316 g/mol. The normalized spacial score (nSPS) is 17.8. The largest absolute Gasteiger partial charge is 0.325 e. The molecule has 0 unspecified atom stereocenters. The second-order valence-corrected chi connectivity index (χ2v) is 6.54. The molecule has 0 radical (unpaired) electrons. The average molecular weight is 316 g/mol. The van der Waals surface area contributed by atoms with Crippen molar-refractivity contribution in [2.24, 2.45) is 0 Å². The molecule has 0 saturated carbocycles. The van der Waals surface area contributed by atoms with Gasteiger partial charge in [0.2, 0.25) is 11.8 Å². The third kappa shape index (κ3) is 3.06. The Morgan fingerprint density at radius 3 is 2.76 bits per heavy atom. The first-order valence-corrected chi connectivity index (χ1v) is 7.71. The Morgan fingerprint density at radius 1 is 1.24 bits per heavy atom. The lowest BCUT2D eigenvalue weighted by Crippen LogP contribution is -2.27. The molecule has 0 bridgehead atoms. The van der Waals surface area contributed by atoms with E-state index in [4.69, 9.17) is 12.2 Å². The maximum Gasteiger partial charge on any atom is 0.239 e. The van der Waals surface area contributed by atoms with E-state index in [0.29, 0.717) is 4.32 Å². The van der Waals surface area contributed by atoms with Gasteiger partial charge >= 0.3 is 0 Å². The zero-order valence-corrected chi connectivity index (χ0v) is 12.6. The number of nitrogens with one attached hydrogen (secondary N) is 2. The summed E-state index contributed by atoms with van der Waals surface area (Å²) in [4.78, 5) is 23.7. The van der Waals surface area contributed by atoms with Gasteiger partial charge in [0.25, 0.3) is 0 Å². The molecule has 0 aliphatic carbocycles. The highest BCUT2D eigenvalue weighted by Crippen LogP contribution is 2.25. The molecule has 1 heterocycles. The predicted octanol–water partition coefficient (Wildman–Crippen LogP) is 2.68. The van der Waals surface area contributed by atoms with E-state index in [2.05, 4.69) is 10.6 Å². The number of benzene rings is 2. The Labute approximate surface area is 131 Å². The van der Waals surface area contributed by atoms with Gasteiger partial charge in [-0.25, -0.2) is 0 Å². The number of anilines is 1. The molecule has 1 atom stereocenters. The minimum Gasteiger partial charge on any atom is -0.325 e. The number of thioether (sulfide) groups is 1.